The van der Waals surface area contributed by atoms with Gasteiger partial charge < -0.3 is 9.47 Å². The highest BCUT2D eigenvalue weighted by Gasteiger charge is 2.32. The minimum Gasteiger partial charge on any atom is -0.336 e. The third-order valence-electron chi connectivity index (χ3n) is 6.65. The van der Waals surface area contributed by atoms with Crippen molar-refractivity contribution in [2.45, 2.75) is 101 Å². The lowest BCUT2D eigenvalue weighted by Crippen LogP contribution is -2.49. The van der Waals surface area contributed by atoms with Crippen LogP contribution in [0.2, 0.25) is 0 Å². The summed E-state index contributed by atoms with van der Waals surface area (Å²) >= 11 is 1.55. The van der Waals surface area contributed by atoms with Gasteiger partial charge in [-0.1, -0.05) is 57.2 Å². The number of thioether (sulfide) groups is 1. The second-order valence-electron chi connectivity index (χ2n) is 8.87. The van der Waals surface area contributed by atoms with Gasteiger partial charge in [0.1, 0.15) is 0 Å². The summed E-state index contributed by atoms with van der Waals surface area (Å²) < 4.78 is 2.15. The summed E-state index contributed by atoms with van der Waals surface area (Å²) in [7, 11) is 0. The quantitative estimate of drug-likeness (QED) is 0.518. The minimum absolute atomic E-state index is 0.292. The van der Waals surface area contributed by atoms with E-state index in [2.05, 4.69) is 31.6 Å². The Morgan fingerprint density at radius 3 is 2.19 bits per heavy atom. The molecule has 0 saturated heterocycles. The first kappa shape index (κ1) is 22.3. The van der Waals surface area contributed by atoms with Gasteiger partial charge in [-0.05, 0) is 44.2 Å². The third-order valence-corrected chi connectivity index (χ3v) is 7.60. The highest BCUT2D eigenvalue weighted by Crippen LogP contribution is 2.32. The molecule has 31 heavy (non-hydrogen) atoms. The molecule has 0 unspecified atom stereocenters. The van der Waals surface area contributed by atoms with E-state index in [0.717, 1.165) is 29.5 Å². The summed E-state index contributed by atoms with van der Waals surface area (Å²) in [6.07, 6.45) is 16.9. The van der Waals surface area contributed by atoms with Crippen LogP contribution >= 0.6 is 11.8 Å². The summed E-state index contributed by atoms with van der Waals surface area (Å²) in [5.41, 5.74) is 1.01. The van der Waals surface area contributed by atoms with Crippen LogP contribution in [-0.4, -0.2) is 48.4 Å². The van der Waals surface area contributed by atoms with Gasteiger partial charge in [0.15, 0.2) is 11.0 Å². The number of pyridine rings is 1. The third kappa shape index (κ3) is 5.48. The molecule has 2 aromatic rings. The van der Waals surface area contributed by atoms with E-state index in [4.69, 9.17) is 0 Å². The van der Waals surface area contributed by atoms with E-state index in [1.165, 1.54) is 64.2 Å². The Labute approximate surface area is 190 Å². The average molecular weight is 442 g/mol. The van der Waals surface area contributed by atoms with Gasteiger partial charge in [0, 0.05) is 36.6 Å². The zero-order chi connectivity index (χ0) is 21.5. The van der Waals surface area contributed by atoms with Gasteiger partial charge in [0.05, 0.1) is 5.75 Å². The number of aromatic nitrogens is 4. The van der Waals surface area contributed by atoms with Crippen molar-refractivity contribution in [2.75, 3.05) is 5.75 Å². The summed E-state index contributed by atoms with van der Waals surface area (Å²) in [6.45, 7) is 3.00. The number of hydrogen-bond donors (Lipinski definition) is 0. The van der Waals surface area contributed by atoms with Crippen molar-refractivity contribution < 1.29 is 4.79 Å². The fourth-order valence-electron chi connectivity index (χ4n) is 5.16. The highest BCUT2D eigenvalue weighted by molar-refractivity contribution is 7.99. The Morgan fingerprint density at radius 2 is 1.61 bits per heavy atom. The summed E-state index contributed by atoms with van der Waals surface area (Å²) in [5.74, 6) is 1.60. The van der Waals surface area contributed by atoms with Crippen LogP contribution in [0.1, 0.15) is 77.6 Å². The average Bonchev–Trinajstić information content (AvgIpc) is 3.23. The van der Waals surface area contributed by atoms with Crippen molar-refractivity contribution in [1.82, 2.24) is 24.6 Å². The van der Waals surface area contributed by atoms with Crippen molar-refractivity contribution in [2.24, 2.45) is 0 Å². The fourth-order valence-corrected chi connectivity index (χ4v) is 5.99. The predicted octanol–water partition coefficient (Wildman–Crippen LogP) is 5.34. The smallest absolute Gasteiger partial charge is 0.233 e. The predicted molar refractivity (Wildman–Crippen MR) is 125 cm³/mol. The number of rotatable bonds is 8. The molecule has 0 bridgehead atoms. The van der Waals surface area contributed by atoms with E-state index in [1.807, 2.05) is 12.1 Å². The van der Waals surface area contributed by atoms with Crippen molar-refractivity contribution >= 4 is 17.7 Å². The van der Waals surface area contributed by atoms with E-state index in [0.29, 0.717) is 23.7 Å². The molecule has 0 aliphatic heterocycles. The molecule has 2 saturated carbocycles. The standard InChI is InChI=1S/C24H35N5OS/c1-2-17-28-23(19-13-15-25-16-14-19)26-27-24(28)31-18-22(30)29(20-9-5-3-6-10-20)21-11-7-4-8-12-21/h13-16,20-21H,2-12,17-18H2,1H3. The largest absolute Gasteiger partial charge is 0.336 e. The maximum Gasteiger partial charge on any atom is 0.233 e. The van der Waals surface area contributed by atoms with Gasteiger partial charge in [-0.3, -0.25) is 9.78 Å². The number of carbonyl (C=O) groups excluding carboxylic acids is 1. The molecule has 1 amide bonds. The van der Waals surface area contributed by atoms with Gasteiger partial charge in [-0.15, -0.1) is 10.2 Å². The highest BCUT2D eigenvalue weighted by atomic mass is 32.2. The van der Waals surface area contributed by atoms with E-state index in [1.54, 1.807) is 24.2 Å². The SMILES string of the molecule is CCCn1c(SCC(=O)N(C2CCCCC2)C2CCCCC2)nnc1-c1ccncc1. The molecule has 0 radical (unpaired) electrons. The van der Waals surface area contributed by atoms with Crippen LogP contribution in [0, 0.1) is 0 Å². The molecule has 0 aromatic carbocycles. The van der Waals surface area contributed by atoms with Crippen LogP contribution in [0.5, 0.6) is 0 Å². The van der Waals surface area contributed by atoms with Crippen molar-refractivity contribution in [3.63, 3.8) is 0 Å². The van der Waals surface area contributed by atoms with Gasteiger partial charge in [0.2, 0.25) is 5.91 Å². The molecule has 2 aromatic heterocycles. The maximum atomic E-state index is 13.5. The first-order valence-electron chi connectivity index (χ1n) is 12.1. The zero-order valence-electron chi connectivity index (χ0n) is 18.7. The van der Waals surface area contributed by atoms with E-state index < -0.39 is 0 Å². The normalized spacial score (nSPS) is 18.2. The molecule has 0 atom stereocenters. The molecule has 2 fully saturated rings. The second-order valence-corrected chi connectivity index (χ2v) is 9.81. The number of nitrogens with zero attached hydrogens (tertiary/aromatic N) is 5. The molecule has 4 rings (SSSR count). The molecule has 0 N–H and O–H groups in total. The van der Waals surface area contributed by atoms with Gasteiger partial charge >= 0.3 is 0 Å². The van der Waals surface area contributed by atoms with Crippen molar-refractivity contribution in [3.8, 4) is 11.4 Å². The topological polar surface area (TPSA) is 63.9 Å². The Kier molecular flexibility index (Phi) is 8.00. The monoisotopic (exact) mass is 441 g/mol. The Bertz CT molecular complexity index is 810. The maximum absolute atomic E-state index is 13.5. The minimum atomic E-state index is 0.292. The van der Waals surface area contributed by atoms with Crippen molar-refractivity contribution in [3.05, 3.63) is 24.5 Å². The first-order valence-corrected chi connectivity index (χ1v) is 13.0. The first-order chi connectivity index (χ1) is 15.3. The van der Waals surface area contributed by atoms with Crippen LogP contribution in [0.15, 0.2) is 29.7 Å². The lowest BCUT2D eigenvalue weighted by atomic mass is 9.88. The van der Waals surface area contributed by atoms with E-state index in [9.17, 15) is 4.79 Å². The van der Waals surface area contributed by atoms with E-state index >= 15 is 0 Å². The molecule has 168 valence electrons. The van der Waals surface area contributed by atoms with Crippen LogP contribution in [0.25, 0.3) is 11.4 Å². The molecule has 0 spiro atoms. The summed E-state index contributed by atoms with van der Waals surface area (Å²) in [6, 6.07) is 4.80. The molecule has 2 heterocycles. The lowest BCUT2D eigenvalue weighted by Gasteiger charge is -2.41. The number of carbonyl (C=O) groups is 1. The molecule has 2 aliphatic carbocycles. The zero-order valence-corrected chi connectivity index (χ0v) is 19.5. The summed E-state index contributed by atoms with van der Waals surface area (Å²) in [4.78, 5) is 19.9. The lowest BCUT2D eigenvalue weighted by molar-refractivity contribution is -0.135. The second kappa shape index (κ2) is 11.1. The molecular weight excluding hydrogens is 406 g/mol. The number of hydrogen-bond acceptors (Lipinski definition) is 5. The van der Waals surface area contributed by atoms with Crippen LogP contribution in [0.4, 0.5) is 0 Å². The van der Waals surface area contributed by atoms with Crippen LogP contribution < -0.4 is 0 Å². The Balaban J connectivity index is 1.48. The summed E-state index contributed by atoms with van der Waals surface area (Å²) in [5, 5.41) is 9.74. The molecule has 2 aliphatic rings. The van der Waals surface area contributed by atoms with Crippen molar-refractivity contribution in [1.29, 1.82) is 0 Å². The van der Waals surface area contributed by atoms with Gasteiger partial charge in [0.25, 0.3) is 0 Å². The Hall–Kier alpha value is -1.89. The van der Waals surface area contributed by atoms with Gasteiger partial charge in [-0.2, -0.15) is 0 Å². The molecule has 6 nitrogen and oxygen atoms in total. The van der Waals surface area contributed by atoms with E-state index in [-0.39, 0.29) is 0 Å². The molecule has 7 heteroatoms. The van der Waals surface area contributed by atoms with Crippen LogP contribution in [-0.2, 0) is 11.3 Å². The van der Waals surface area contributed by atoms with Crippen LogP contribution in [0.3, 0.4) is 0 Å². The fraction of sp³-hybridized carbons (Fsp3) is 0.667. The van der Waals surface area contributed by atoms with Gasteiger partial charge in [-0.25, -0.2) is 0 Å². The number of amides is 1. The molecular formula is C24H35N5OS. The Morgan fingerprint density at radius 1 is 1.00 bits per heavy atom.